The molecule has 0 aliphatic carbocycles. The molecule has 3 aromatic carbocycles. The van der Waals surface area contributed by atoms with E-state index < -0.39 is 11.8 Å². The summed E-state index contributed by atoms with van der Waals surface area (Å²) in [7, 11) is 0. The summed E-state index contributed by atoms with van der Waals surface area (Å²) in [6.07, 6.45) is 1.92. The van der Waals surface area contributed by atoms with E-state index in [1.54, 1.807) is 6.07 Å². The molecule has 0 atom stereocenters. The summed E-state index contributed by atoms with van der Waals surface area (Å²) in [5.74, 6) is 0.198. The standard InChI is InChI=1S/C27H27Br2N3O4/c1-3-20-7-5-6-8-23(20)31-25(33)15-26(34)32-30-16-19-13-22(29)27(24(14-19)35-4-2)36-17-18-9-11-21(28)12-10-18/h5-14,16H,3-4,15,17H2,1-2H3,(H,31,33)(H,32,34). The second kappa shape index (κ2) is 13.8. The highest BCUT2D eigenvalue weighted by molar-refractivity contribution is 9.10. The molecule has 0 saturated carbocycles. The molecule has 188 valence electrons. The van der Waals surface area contributed by atoms with Crippen LogP contribution in [0.1, 0.15) is 37.0 Å². The molecule has 0 fully saturated rings. The van der Waals surface area contributed by atoms with Gasteiger partial charge in [-0.1, -0.05) is 53.2 Å². The summed E-state index contributed by atoms with van der Waals surface area (Å²) in [6.45, 7) is 4.72. The van der Waals surface area contributed by atoms with Crippen molar-refractivity contribution in [2.24, 2.45) is 5.10 Å². The number of rotatable bonds is 11. The predicted molar refractivity (Wildman–Crippen MR) is 149 cm³/mol. The number of hydrogen-bond donors (Lipinski definition) is 2. The van der Waals surface area contributed by atoms with Crippen LogP contribution in [0.5, 0.6) is 11.5 Å². The third-order valence-corrected chi connectivity index (χ3v) is 6.14. The van der Waals surface area contributed by atoms with Crippen LogP contribution >= 0.6 is 31.9 Å². The number of hydrazone groups is 1. The minimum atomic E-state index is -0.517. The molecule has 0 radical (unpaired) electrons. The van der Waals surface area contributed by atoms with Gasteiger partial charge in [0, 0.05) is 10.2 Å². The molecule has 0 unspecified atom stereocenters. The Morgan fingerprint density at radius 2 is 1.72 bits per heavy atom. The molecule has 9 heteroatoms. The number of benzene rings is 3. The van der Waals surface area contributed by atoms with Crippen molar-refractivity contribution < 1.29 is 19.1 Å². The van der Waals surface area contributed by atoms with Gasteiger partial charge in [-0.15, -0.1) is 0 Å². The number of carbonyl (C=O) groups excluding carboxylic acids is 2. The molecule has 0 aromatic heterocycles. The first kappa shape index (κ1) is 27.4. The lowest BCUT2D eigenvalue weighted by atomic mass is 10.1. The molecule has 0 spiro atoms. The van der Waals surface area contributed by atoms with Gasteiger partial charge in [0.2, 0.25) is 11.8 Å². The fraction of sp³-hybridized carbons (Fsp3) is 0.222. The number of nitrogens with one attached hydrogen (secondary N) is 2. The average Bonchev–Trinajstić information content (AvgIpc) is 2.85. The Morgan fingerprint density at radius 3 is 2.44 bits per heavy atom. The quantitative estimate of drug-likeness (QED) is 0.152. The third-order valence-electron chi connectivity index (χ3n) is 5.02. The zero-order valence-corrected chi connectivity index (χ0v) is 23.2. The van der Waals surface area contributed by atoms with E-state index in [9.17, 15) is 9.59 Å². The van der Waals surface area contributed by atoms with Crippen LogP contribution in [-0.4, -0.2) is 24.6 Å². The number of aryl methyl sites for hydroxylation is 1. The zero-order chi connectivity index (χ0) is 25.9. The van der Waals surface area contributed by atoms with Gasteiger partial charge >= 0.3 is 0 Å². The van der Waals surface area contributed by atoms with Crippen molar-refractivity contribution in [3.05, 3.63) is 86.3 Å². The fourth-order valence-corrected chi connectivity index (χ4v) is 4.15. The molecule has 0 heterocycles. The molecule has 2 amide bonds. The topological polar surface area (TPSA) is 89.0 Å². The molecule has 2 N–H and O–H groups in total. The Morgan fingerprint density at radius 1 is 0.972 bits per heavy atom. The molecule has 3 aromatic rings. The van der Waals surface area contributed by atoms with E-state index in [2.05, 4.69) is 47.7 Å². The Balaban J connectivity index is 1.59. The lowest BCUT2D eigenvalue weighted by molar-refractivity contribution is -0.126. The summed E-state index contributed by atoms with van der Waals surface area (Å²) in [5.41, 5.74) is 5.80. The van der Waals surface area contributed by atoms with Gasteiger partial charge in [-0.2, -0.15) is 5.10 Å². The second-order valence-electron chi connectivity index (χ2n) is 7.71. The number of amides is 2. The van der Waals surface area contributed by atoms with Gasteiger partial charge < -0.3 is 14.8 Å². The van der Waals surface area contributed by atoms with E-state index in [1.807, 2.05) is 68.4 Å². The number of ether oxygens (including phenoxy) is 2. The maximum absolute atomic E-state index is 12.2. The van der Waals surface area contributed by atoms with Crippen molar-refractivity contribution in [2.45, 2.75) is 33.3 Å². The van der Waals surface area contributed by atoms with Crippen molar-refractivity contribution in [1.82, 2.24) is 5.43 Å². The highest BCUT2D eigenvalue weighted by atomic mass is 79.9. The monoisotopic (exact) mass is 615 g/mol. The predicted octanol–water partition coefficient (Wildman–Crippen LogP) is 6.23. The smallest absolute Gasteiger partial charge is 0.249 e. The molecular weight excluding hydrogens is 590 g/mol. The lowest BCUT2D eigenvalue weighted by Gasteiger charge is -2.14. The van der Waals surface area contributed by atoms with Crippen LogP contribution in [0, 0.1) is 0 Å². The van der Waals surface area contributed by atoms with Crippen LogP contribution in [0.3, 0.4) is 0 Å². The molecular formula is C27H27Br2N3O4. The van der Waals surface area contributed by atoms with Crippen molar-refractivity contribution in [2.75, 3.05) is 11.9 Å². The van der Waals surface area contributed by atoms with Gasteiger partial charge in [-0.05, 0) is 76.3 Å². The van der Waals surface area contributed by atoms with E-state index in [-0.39, 0.29) is 6.42 Å². The van der Waals surface area contributed by atoms with Crippen LogP contribution in [0.15, 0.2) is 74.7 Å². The van der Waals surface area contributed by atoms with Gasteiger partial charge in [-0.25, -0.2) is 5.43 Å². The van der Waals surface area contributed by atoms with Gasteiger partial charge in [0.25, 0.3) is 0 Å². The molecule has 0 aliphatic rings. The normalized spacial score (nSPS) is 10.8. The molecule has 0 aliphatic heterocycles. The zero-order valence-electron chi connectivity index (χ0n) is 20.0. The highest BCUT2D eigenvalue weighted by Crippen LogP contribution is 2.37. The second-order valence-corrected chi connectivity index (χ2v) is 9.48. The van der Waals surface area contributed by atoms with Gasteiger partial charge in [-0.3, -0.25) is 9.59 Å². The van der Waals surface area contributed by atoms with Crippen LogP contribution < -0.4 is 20.2 Å². The van der Waals surface area contributed by atoms with Gasteiger partial charge in [0.1, 0.15) is 13.0 Å². The first-order chi connectivity index (χ1) is 17.4. The maximum atomic E-state index is 12.2. The maximum Gasteiger partial charge on any atom is 0.249 e. The van der Waals surface area contributed by atoms with Gasteiger partial charge in [0.05, 0.1) is 17.3 Å². The Hall–Kier alpha value is -3.17. The third kappa shape index (κ3) is 8.20. The summed E-state index contributed by atoms with van der Waals surface area (Å²) in [5, 5.41) is 6.75. The fourth-order valence-electron chi connectivity index (χ4n) is 3.31. The summed E-state index contributed by atoms with van der Waals surface area (Å²) in [6, 6.07) is 18.9. The van der Waals surface area contributed by atoms with E-state index in [1.165, 1.54) is 6.21 Å². The minimum absolute atomic E-state index is 0.341. The molecule has 3 rings (SSSR count). The Kier molecular flexibility index (Phi) is 10.5. The van der Waals surface area contributed by atoms with E-state index >= 15 is 0 Å². The first-order valence-corrected chi connectivity index (χ1v) is 13.0. The molecule has 0 saturated heterocycles. The largest absolute Gasteiger partial charge is 0.490 e. The summed E-state index contributed by atoms with van der Waals surface area (Å²) >= 11 is 6.96. The van der Waals surface area contributed by atoms with E-state index in [4.69, 9.17) is 9.47 Å². The van der Waals surface area contributed by atoms with Crippen molar-refractivity contribution >= 4 is 55.6 Å². The van der Waals surface area contributed by atoms with E-state index in [0.29, 0.717) is 40.4 Å². The summed E-state index contributed by atoms with van der Waals surface area (Å²) in [4.78, 5) is 24.4. The molecule has 0 bridgehead atoms. The number of hydrogen-bond acceptors (Lipinski definition) is 5. The number of carbonyl (C=O) groups is 2. The van der Waals surface area contributed by atoms with Crippen LogP contribution in [0.4, 0.5) is 5.69 Å². The van der Waals surface area contributed by atoms with E-state index in [0.717, 1.165) is 22.0 Å². The Labute approximate surface area is 227 Å². The van der Waals surface area contributed by atoms with Crippen molar-refractivity contribution in [3.8, 4) is 11.5 Å². The SMILES string of the molecule is CCOc1cc(C=NNC(=O)CC(=O)Nc2ccccc2CC)cc(Br)c1OCc1ccc(Br)cc1. The van der Waals surface area contributed by atoms with Crippen molar-refractivity contribution in [1.29, 1.82) is 0 Å². The van der Waals surface area contributed by atoms with Crippen LogP contribution in [0.2, 0.25) is 0 Å². The lowest BCUT2D eigenvalue weighted by Crippen LogP contribution is -2.25. The number of halogens is 2. The number of nitrogens with zero attached hydrogens (tertiary/aromatic N) is 1. The Bertz CT molecular complexity index is 1230. The van der Waals surface area contributed by atoms with Gasteiger partial charge in [0.15, 0.2) is 11.5 Å². The molecule has 7 nitrogen and oxygen atoms in total. The highest BCUT2D eigenvalue weighted by Gasteiger charge is 2.13. The molecule has 36 heavy (non-hydrogen) atoms. The summed E-state index contributed by atoms with van der Waals surface area (Å²) < 4.78 is 13.5. The number of anilines is 1. The minimum Gasteiger partial charge on any atom is -0.490 e. The van der Waals surface area contributed by atoms with Crippen LogP contribution in [0.25, 0.3) is 0 Å². The number of para-hydroxylation sites is 1. The van der Waals surface area contributed by atoms with Crippen LogP contribution in [-0.2, 0) is 22.6 Å². The first-order valence-electron chi connectivity index (χ1n) is 11.4. The van der Waals surface area contributed by atoms with Crippen molar-refractivity contribution in [3.63, 3.8) is 0 Å². The average molecular weight is 617 g/mol.